The number of nitrogens with zero attached hydrogens (tertiary/aromatic N) is 4. The summed E-state index contributed by atoms with van der Waals surface area (Å²) in [6.45, 7) is 7.83. The molecule has 15 heteroatoms. The molecule has 0 bridgehead atoms. The third-order valence-corrected chi connectivity index (χ3v) is 6.55. The van der Waals surface area contributed by atoms with Crippen LogP contribution in [0, 0.1) is 0 Å². The number of nitrogens with two attached hydrogens (primary N) is 2. The first-order chi connectivity index (χ1) is 19.0. The van der Waals surface area contributed by atoms with Gasteiger partial charge in [0.05, 0.1) is 0 Å². The molecule has 0 radical (unpaired) electrons. The number of hydrogen-bond acceptors (Lipinski definition) is 10. The summed E-state index contributed by atoms with van der Waals surface area (Å²) in [6, 6.07) is 5.26. The summed E-state index contributed by atoms with van der Waals surface area (Å²) in [5.74, 6) is 4.68. The number of benzene rings is 1. The smallest absolute Gasteiger partial charge is 0.406 e. The molecule has 0 atom stereocenters. The summed E-state index contributed by atoms with van der Waals surface area (Å²) in [6.07, 6.45) is -0.446. The largest absolute Gasteiger partial charge is 0.573 e. The Bertz CT molecular complexity index is 1110. The quantitative estimate of drug-likeness (QED) is 0.0948. The lowest BCUT2D eigenvalue weighted by Crippen LogP contribution is -2.35. The highest BCUT2D eigenvalue weighted by molar-refractivity contribution is 7.13. The molecule has 1 aromatic heterocycles. The molecule has 11 nitrogen and oxygen atoms in total. The maximum Gasteiger partial charge on any atom is 0.573 e. The third-order valence-electron chi connectivity index (χ3n) is 5.57. The van der Waals surface area contributed by atoms with Crippen LogP contribution >= 0.6 is 11.3 Å². The van der Waals surface area contributed by atoms with Crippen LogP contribution in [0.3, 0.4) is 0 Å². The number of halogens is 3. The number of nitrogens with one attached hydrogen (secondary N) is 2. The molecule has 40 heavy (non-hydrogen) atoms. The highest BCUT2D eigenvalue weighted by Crippen LogP contribution is 2.23. The van der Waals surface area contributed by atoms with E-state index >= 15 is 0 Å². The van der Waals surface area contributed by atoms with Gasteiger partial charge >= 0.3 is 6.36 Å². The number of aryl methyl sites for hydroxylation is 1. The van der Waals surface area contributed by atoms with Crippen molar-refractivity contribution in [1.29, 1.82) is 0 Å². The van der Waals surface area contributed by atoms with E-state index in [1.807, 2.05) is 0 Å². The van der Waals surface area contributed by atoms with E-state index in [4.69, 9.17) is 11.6 Å². The number of likely N-dealkylation sites (N-methyl/N-ethyl adjacent to an activating group) is 1. The van der Waals surface area contributed by atoms with Gasteiger partial charge in [0.25, 0.3) is 11.8 Å². The van der Waals surface area contributed by atoms with Gasteiger partial charge in [0.2, 0.25) is 5.01 Å². The summed E-state index contributed by atoms with van der Waals surface area (Å²) in [5, 5.41) is 15.8. The topological polar surface area (TPSA) is 152 Å². The van der Waals surface area contributed by atoms with Gasteiger partial charge in [-0.05, 0) is 50.0 Å². The molecule has 0 spiro atoms. The number of amides is 2. The van der Waals surface area contributed by atoms with Crippen molar-refractivity contribution in [3.8, 4) is 5.75 Å². The molecule has 2 rings (SSSR count). The fourth-order valence-corrected chi connectivity index (χ4v) is 4.40. The fourth-order valence-electron chi connectivity index (χ4n) is 3.60. The van der Waals surface area contributed by atoms with Gasteiger partial charge in [-0.15, -0.1) is 23.4 Å². The maximum absolute atomic E-state index is 12.4. The molecule has 0 aliphatic heterocycles. The van der Waals surface area contributed by atoms with Gasteiger partial charge in [0, 0.05) is 38.8 Å². The second kappa shape index (κ2) is 16.6. The molecule has 1 aromatic carbocycles. The minimum atomic E-state index is -4.80. The molecule has 0 aliphatic rings. The molecule has 222 valence electrons. The second-order valence-electron chi connectivity index (χ2n) is 8.85. The lowest BCUT2D eigenvalue weighted by Gasteiger charge is -2.19. The summed E-state index contributed by atoms with van der Waals surface area (Å²) in [5.41, 5.74) is 6.04. The van der Waals surface area contributed by atoms with Crippen molar-refractivity contribution in [2.45, 2.75) is 52.4 Å². The van der Waals surface area contributed by atoms with Gasteiger partial charge in [0.15, 0.2) is 0 Å². The molecule has 0 saturated heterocycles. The zero-order chi connectivity index (χ0) is 29.5. The van der Waals surface area contributed by atoms with E-state index < -0.39 is 12.3 Å². The number of unbranched alkanes of at least 4 members (excludes halogenated alkanes) is 1. The van der Waals surface area contributed by atoms with E-state index in [9.17, 15) is 22.8 Å². The van der Waals surface area contributed by atoms with Gasteiger partial charge in [0.1, 0.15) is 16.5 Å². The van der Waals surface area contributed by atoms with Gasteiger partial charge in [-0.3, -0.25) is 9.59 Å². The van der Waals surface area contributed by atoms with Gasteiger partial charge < -0.3 is 31.0 Å². The predicted octanol–water partition coefficient (Wildman–Crippen LogP) is 2.51. The number of hydrazine groups is 1. The van der Waals surface area contributed by atoms with Crippen LogP contribution in [0.4, 0.5) is 13.2 Å². The van der Waals surface area contributed by atoms with E-state index in [2.05, 4.69) is 44.3 Å². The Balaban J connectivity index is 1.69. The zero-order valence-electron chi connectivity index (χ0n) is 22.7. The average molecular weight is 587 g/mol. The number of carbonyl (C=O) groups excluding carboxylic acids is 2. The van der Waals surface area contributed by atoms with Crippen LogP contribution in [0.5, 0.6) is 5.75 Å². The maximum atomic E-state index is 12.4. The molecular formula is C25H37F3N8O3S. The van der Waals surface area contributed by atoms with Crippen molar-refractivity contribution in [2.75, 3.05) is 32.7 Å². The summed E-state index contributed by atoms with van der Waals surface area (Å²) >= 11 is 1.26. The van der Waals surface area contributed by atoms with Crippen molar-refractivity contribution in [3.05, 3.63) is 51.7 Å². The minimum Gasteiger partial charge on any atom is -0.406 e. The van der Waals surface area contributed by atoms with Crippen LogP contribution in [-0.2, 0) is 17.8 Å². The summed E-state index contributed by atoms with van der Waals surface area (Å²) < 4.78 is 41.0. The van der Waals surface area contributed by atoms with Crippen LogP contribution in [0.1, 0.15) is 53.5 Å². The van der Waals surface area contributed by atoms with Crippen LogP contribution in [0.15, 0.2) is 36.2 Å². The van der Waals surface area contributed by atoms with Crippen LogP contribution in [-0.4, -0.2) is 71.0 Å². The Kier molecular flexibility index (Phi) is 13.6. The number of alkyl halides is 3. The normalized spacial score (nSPS) is 11.9. The van der Waals surface area contributed by atoms with Crippen LogP contribution < -0.4 is 26.9 Å². The van der Waals surface area contributed by atoms with Crippen LogP contribution in [0.2, 0.25) is 0 Å². The zero-order valence-corrected chi connectivity index (χ0v) is 23.5. The number of ether oxygens (including phenoxy) is 1. The standard InChI is InChI=1S/C25H37F3N8O3S/c1-3-12-35(4-2)14-11-31-23(38)24-34-33-21(40-24)10-5-6-13-36(30)17-20(29)22(37)32-16-18-8-7-9-19(15-18)39-25(26,27)28/h7-9,15,17H,3-6,10-14,16,29-30H2,1-2H3,(H,31,38)(H,32,37)/b20-17-. The molecule has 2 aromatic rings. The molecule has 0 fully saturated rings. The highest BCUT2D eigenvalue weighted by atomic mass is 32.1. The molecular weight excluding hydrogens is 549 g/mol. The molecule has 0 saturated carbocycles. The summed E-state index contributed by atoms with van der Waals surface area (Å²) in [4.78, 5) is 26.8. The van der Waals surface area contributed by atoms with Crippen molar-refractivity contribution in [1.82, 2.24) is 30.7 Å². The van der Waals surface area contributed by atoms with E-state index in [0.29, 0.717) is 36.5 Å². The first-order valence-corrected chi connectivity index (χ1v) is 13.8. The number of carbonyl (C=O) groups is 2. The monoisotopic (exact) mass is 586 g/mol. The Morgan fingerprint density at radius 1 is 1.12 bits per heavy atom. The van der Waals surface area contributed by atoms with Gasteiger partial charge in [-0.1, -0.05) is 37.3 Å². The van der Waals surface area contributed by atoms with E-state index in [1.54, 1.807) is 6.07 Å². The third kappa shape index (κ3) is 12.6. The Hall–Kier alpha value is -3.43. The SMILES string of the molecule is CCCN(CC)CCNC(=O)c1nnc(CCCCN(N)/C=C(\N)C(=O)NCc2cccc(OC(F)(F)F)c2)s1. The van der Waals surface area contributed by atoms with E-state index in [0.717, 1.165) is 43.5 Å². The first-order valence-electron chi connectivity index (χ1n) is 12.9. The molecule has 0 unspecified atom stereocenters. The number of hydrogen-bond donors (Lipinski definition) is 4. The van der Waals surface area contributed by atoms with Crippen molar-refractivity contribution >= 4 is 23.2 Å². The Morgan fingerprint density at radius 3 is 2.60 bits per heavy atom. The average Bonchev–Trinajstić information content (AvgIpc) is 3.37. The molecule has 6 N–H and O–H groups in total. The molecule has 2 amide bonds. The van der Waals surface area contributed by atoms with Gasteiger partial charge in [-0.25, -0.2) is 5.84 Å². The molecule has 0 aliphatic carbocycles. The van der Waals surface area contributed by atoms with Crippen molar-refractivity contribution in [3.63, 3.8) is 0 Å². The van der Waals surface area contributed by atoms with Crippen LogP contribution in [0.25, 0.3) is 0 Å². The first kappa shape index (κ1) is 32.8. The Labute approximate surface area is 235 Å². The molecule has 1 heterocycles. The van der Waals surface area contributed by atoms with Gasteiger partial charge in [-0.2, -0.15) is 0 Å². The van der Waals surface area contributed by atoms with Crippen molar-refractivity contribution in [2.24, 2.45) is 11.6 Å². The highest BCUT2D eigenvalue weighted by Gasteiger charge is 2.31. The van der Waals surface area contributed by atoms with E-state index in [1.165, 1.54) is 34.7 Å². The Morgan fingerprint density at radius 2 is 1.90 bits per heavy atom. The van der Waals surface area contributed by atoms with E-state index in [-0.39, 0.29) is 23.9 Å². The second-order valence-corrected chi connectivity index (χ2v) is 9.91. The van der Waals surface area contributed by atoms with Crippen molar-refractivity contribution < 1.29 is 27.5 Å². The number of aromatic nitrogens is 2. The fraction of sp³-hybridized carbons (Fsp3) is 0.520. The summed E-state index contributed by atoms with van der Waals surface area (Å²) in [7, 11) is 0. The lowest BCUT2D eigenvalue weighted by molar-refractivity contribution is -0.274. The predicted molar refractivity (Wildman–Crippen MR) is 146 cm³/mol. The minimum absolute atomic E-state index is 0.0507. The lowest BCUT2D eigenvalue weighted by atomic mass is 10.2. The number of rotatable bonds is 17.